The first-order valence-corrected chi connectivity index (χ1v) is 14.4. The van der Waals surface area contributed by atoms with E-state index in [4.69, 9.17) is 16.7 Å². The van der Waals surface area contributed by atoms with E-state index in [1.54, 1.807) is 21.5 Å². The number of piperidine rings is 1. The van der Waals surface area contributed by atoms with Crippen LogP contribution in [0.4, 0.5) is 5.69 Å². The Morgan fingerprint density at radius 1 is 1.17 bits per heavy atom. The smallest absolute Gasteiger partial charge is 0.259 e. The number of hydrogen-bond donors (Lipinski definition) is 2. The Labute approximate surface area is 243 Å². The largest absolute Gasteiger partial charge is 0.395 e. The van der Waals surface area contributed by atoms with Gasteiger partial charge >= 0.3 is 0 Å². The predicted molar refractivity (Wildman–Crippen MR) is 163 cm³/mol. The summed E-state index contributed by atoms with van der Waals surface area (Å²) in [5, 5.41) is 25.2. The minimum absolute atomic E-state index is 0.0429. The Bertz CT molecular complexity index is 1800. The molecule has 4 aromatic heterocycles. The summed E-state index contributed by atoms with van der Waals surface area (Å²) in [5.74, 6) is 0. The molecule has 6 rings (SSSR count). The average Bonchev–Trinajstić information content (AvgIpc) is 3.59. The number of benzene rings is 1. The van der Waals surface area contributed by atoms with Gasteiger partial charge in [-0.05, 0) is 62.6 Å². The Balaban J connectivity index is 1.47. The van der Waals surface area contributed by atoms with Crippen molar-refractivity contribution in [1.82, 2.24) is 34.0 Å². The van der Waals surface area contributed by atoms with Gasteiger partial charge in [0.1, 0.15) is 10.8 Å². The van der Waals surface area contributed by atoms with Crippen LogP contribution < -0.4 is 10.9 Å². The molecule has 5 aromatic rings. The number of halogens is 1. The van der Waals surface area contributed by atoms with Crippen molar-refractivity contribution < 1.29 is 5.11 Å². The molecule has 1 aliphatic heterocycles. The summed E-state index contributed by atoms with van der Waals surface area (Å²) >= 11 is 6.29. The van der Waals surface area contributed by atoms with Crippen molar-refractivity contribution >= 4 is 39.1 Å². The molecule has 2 atom stereocenters. The number of aromatic nitrogens is 6. The van der Waals surface area contributed by atoms with Gasteiger partial charge in [0.15, 0.2) is 0 Å². The third kappa shape index (κ3) is 5.00. The maximum absolute atomic E-state index is 13.8. The average molecular weight is 575 g/mol. The lowest BCUT2D eigenvalue weighted by Crippen LogP contribution is -2.38. The molecule has 5 heterocycles. The van der Waals surface area contributed by atoms with Gasteiger partial charge in [-0.2, -0.15) is 10.2 Å². The SMILES string of the molecule is Cc1cc(C(C)Nc2ccc(Cl)nc2-c2cnn(C)c2)c2c(c1)c(=O)n(C)c1c2cnn1C1CCCN(CCO)C1. The van der Waals surface area contributed by atoms with E-state index in [9.17, 15) is 9.90 Å². The van der Waals surface area contributed by atoms with Crippen molar-refractivity contribution in [3.05, 3.63) is 69.5 Å². The summed E-state index contributed by atoms with van der Waals surface area (Å²) in [4.78, 5) is 20.7. The molecule has 41 heavy (non-hydrogen) atoms. The molecule has 10 nitrogen and oxygen atoms in total. The highest BCUT2D eigenvalue weighted by Gasteiger charge is 2.26. The van der Waals surface area contributed by atoms with E-state index in [0.29, 0.717) is 22.8 Å². The van der Waals surface area contributed by atoms with Crippen molar-refractivity contribution in [1.29, 1.82) is 0 Å². The molecule has 0 saturated carbocycles. The second kappa shape index (κ2) is 10.9. The van der Waals surface area contributed by atoms with Gasteiger partial charge in [0.2, 0.25) is 0 Å². The molecule has 0 bridgehead atoms. The molecule has 214 valence electrons. The van der Waals surface area contributed by atoms with Gasteiger partial charge in [-0.3, -0.25) is 18.9 Å². The quantitative estimate of drug-likeness (QED) is 0.277. The fourth-order valence-electron chi connectivity index (χ4n) is 6.24. The van der Waals surface area contributed by atoms with Crippen molar-refractivity contribution in [2.45, 2.75) is 38.8 Å². The molecule has 1 aromatic carbocycles. The second-order valence-corrected chi connectivity index (χ2v) is 11.5. The Morgan fingerprint density at radius 2 is 2.00 bits per heavy atom. The number of nitrogens with zero attached hydrogens (tertiary/aromatic N) is 7. The zero-order valence-corrected chi connectivity index (χ0v) is 24.6. The molecule has 11 heteroatoms. The number of likely N-dealkylation sites (tertiary alicyclic amines) is 1. The molecule has 2 N–H and O–H groups in total. The molecule has 0 amide bonds. The number of rotatable bonds is 7. The van der Waals surface area contributed by atoms with Crippen LogP contribution in [0.5, 0.6) is 0 Å². The fraction of sp³-hybridized carbons (Fsp3) is 0.400. The third-order valence-electron chi connectivity index (χ3n) is 8.13. The van der Waals surface area contributed by atoms with Gasteiger partial charge in [0.25, 0.3) is 5.56 Å². The van der Waals surface area contributed by atoms with E-state index in [1.807, 2.05) is 50.2 Å². The van der Waals surface area contributed by atoms with E-state index in [-0.39, 0.29) is 24.2 Å². The van der Waals surface area contributed by atoms with Gasteiger partial charge in [-0.1, -0.05) is 17.7 Å². The summed E-state index contributed by atoms with van der Waals surface area (Å²) in [6.45, 7) is 6.65. The molecular formula is C30H35ClN8O2. The van der Waals surface area contributed by atoms with Crippen LogP contribution in [-0.4, -0.2) is 65.4 Å². The Morgan fingerprint density at radius 3 is 2.76 bits per heavy atom. The molecule has 1 aliphatic rings. The number of anilines is 1. The number of aliphatic hydroxyl groups is 1. The summed E-state index contributed by atoms with van der Waals surface area (Å²) in [5.41, 5.74) is 5.20. The van der Waals surface area contributed by atoms with Gasteiger partial charge < -0.3 is 10.4 Å². The van der Waals surface area contributed by atoms with Crippen LogP contribution in [0, 0.1) is 6.92 Å². The second-order valence-electron chi connectivity index (χ2n) is 11.1. The fourth-order valence-corrected chi connectivity index (χ4v) is 6.38. The van der Waals surface area contributed by atoms with Crippen LogP contribution in [0.25, 0.3) is 33.1 Å². The van der Waals surface area contributed by atoms with Gasteiger partial charge in [-0.25, -0.2) is 9.67 Å². The van der Waals surface area contributed by atoms with Crippen LogP contribution in [-0.2, 0) is 14.1 Å². The summed E-state index contributed by atoms with van der Waals surface area (Å²) < 4.78 is 5.49. The van der Waals surface area contributed by atoms with Crippen molar-refractivity contribution in [2.75, 3.05) is 31.6 Å². The van der Waals surface area contributed by atoms with Crippen LogP contribution in [0.1, 0.15) is 43.0 Å². The van der Waals surface area contributed by atoms with E-state index in [1.165, 1.54) is 0 Å². The van der Waals surface area contributed by atoms with Gasteiger partial charge in [0.05, 0.1) is 36.4 Å². The minimum atomic E-state index is -0.163. The number of pyridine rings is 2. The first-order valence-electron chi connectivity index (χ1n) is 14.0. The predicted octanol–water partition coefficient (Wildman–Crippen LogP) is 4.45. The van der Waals surface area contributed by atoms with Crippen molar-refractivity contribution in [2.24, 2.45) is 14.1 Å². The number of aliphatic hydroxyl groups excluding tert-OH is 1. The number of β-amino-alcohol motifs (C(OH)–C–C–N with tert-alkyl or cyclic N) is 1. The minimum Gasteiger partial charge on any atom is -0.395 e. The number of fused-ring (bicyclic) bond motifs is 3. The van der Waals surface area contributed by atoms with E-state index in [0.717, 1.165) is 64.7 Å². The van der Waals surface area contributed by atoms with Crippen LogP contribution in [0.3, 0.4) is 0 Å². The number of hydrogen-bond acceptors (Lipinski definition) is 7. The monoisotopic (exact) mass is 574 g/mol. The van der Waals surface area contributed by atoms with Gasteiger partial charge in [-0.15, -0.1) is 0 Å². The van der Waals surface area contributed by atoms with Crippen LogP contribution in [0.15, 0.2) is 47.7 Å². The highest BCUT2D eigenvalue weighted by molar-refractivity contribution is 6.29. The van der Waals surface area contributed by atoms with Crippen molar-refractivity contribution in [3.63, 3.8) is 0 Å². The lowest BCUT2D eigenvalue weighted by molar-refractivity contribution is 0.139. The van der Waals surface area contributed by atoms with Crippen LogP contribution in [0.2, 0.25) is 5.15 Å². The standard InChI is InChI=1S/C30H35ClN8O2/c1-18-12-22(19(2)34-25-7-8-26(31)35-28(25)20-14-32-36(3)16-20)27-23(13-18)30(41)37(4)29-24(27)15-33-39(29)21-6-5-9-38(17-21)10-11-40/h7-8,12-16,19,21,34,40H,5-6,9-11,17H2,1-4H3. The van der Waals surface area contributed by atoms with E-state index >= 15 is 0 Å². The van der Waals surface area contributed by atoms with E-state index < -0.39 is 0 Å². The summed E-state index contributed by atoms with van der Waals surface area (Å²) in [7, 11) is 3.70. The number of nitrogens with one attached hydrogen (secondary N) is 1. The first-order chi connectivity index (χ1) is 19.7. The summed E-state index contributed by atoms with van der Waals surface area (Å²) in [6, 6.07) is 7.78. The Kier molecular flexibility index (Phi) is 7.31. The third-order valence-corrected chi connectivity index (χ3v) is 8.34. The highest BCUT2D eigenvalue weighted by atomic mass is 35.5. The van der Waals surface area contributed by atoms with Crippen LogP contribution >= 0.6 is 11.6 Å². The lowest BCUT2D eigenvalue weighted by Gasteiger charge is -2.32. The lowest BCUT2D eigenvalue weighted by atomic mass is 9.95. The molecule has 1 saturated heterocycles. The topological polar surface area (TPSA) is 106 Å². The molecule has 0 aliphatic carbocycles. The zero-order chi connectivity index (χ0) is 28.8. The zero-order valence-electron chi connectivity index (χ0n) is 23.8. The normalized spacial score (nSPS) is 17.0. The van der Waals surface area contributed by atoms with Gasteiger partial charge in [0, 0.05) is 61.1 Å². The molecular weight excluding hydrogens is 540 g/mol. The maximum atomic E-state index is 13.8. The van der Waals surface area contributed by atoms with E-state index in [2.05, 4.69) is 33.3 Å². The molecule has 0 radical (unpaired) electrons. The molecule has 2 unspecified atom stereocenters. The summed E-state index contributed by atoms with van der Waals surface area (Å²) in [6.07, 6.45) is 7.58. The molecule has 0 spiro atoms. The molecule has 1 fully saturated rings. The number of aryl methyl sites for hydroxylation is 3. The van der Waals surface area contributed by atoms with Crippen molar-refractivity contribution in [3.8, 4) is 11.3 Å². The highest BCUT2D eigenvalue weighted by Crippen LogP contribution is 2.36. The Hall–Kier alpha value is -3.73. The first kappa shape index (κ1) is 27.4. The maximum Gasteiger partial charge on any atom is 0.259 e.